The molecule has 1 saturated heterocycles. The Morgan fingerprint density at radius 1 is 1.19 bits per heavy atom. The number of rotatable bonds is 6. The van der Waals surface area contributed by atoms with Crippen LogP contribution in [-0.2, 0) is 0 Å². The van der Waals surface area contributed by atoms with E-state index in [-0.39, 0.29) is 18.5 Å². The monoisotopic (exact) mass is 439 g/mol. The summed E-state index contributed by atoms with van der Waals surface area (Å²) in [6.07, 6.45) is 2.90. The SMILES string of the molecule is CN1COc2ccc(OCCCN3CCC(c4noc5cc(F)ccc45)CC3)cc2C1=O. The van der Waals surface area contributed by atoms with Gasteiger partial charge in [-0.2, -0.15) is 0 Å². The Morgan fingerprint density at radius 3 is 2.88 bits per heavy atom. The summed E-state index contributed by atoms with van der Waals surface area (Å²) in [6.45, 7) is 3.78. The molecule has 0 bridgehead atoms. The minimum absolute atomic E-state index is 0.0513. The van der Waals surface area contributed by atoms with E-state index >= 15 is 0 Å². The smallest absolute Gasteiger partial charge is 0.260 e. The number of aromatic nitrogens is 1. The van der Waals surface area contributed by atoms with E-state index in [0.29, 0.717) is 35.2 Å². The first-order valence-corrected chi connectivity index (χ1v) is 11.0. The number of hydrogen-bond acceptors (Lipinski definition) is 6. The first-order valence-electron chi connectivity index (χ1n) is 11.0. The van der Waals surface area contributed by atoms with Crippen LogP contribution in [0.4, 0.5) is 4.39 Å². The van der Waals surface area contributed by atoms with Crippen LogP contribution in [0, 0.1) is 5.82 Å². The summed E-state index contributed by atoms with van der Waals surface area (Å²) in [5.74, 6) is 1.27. The molecule has 0 saturated carbocycles. The second kappa shape index (κ2) is 8.78. The third-order valence-electron chi connectivity index (χ3n) is 6.27. The molecule has 5 rings (SSSR count). The zero-order valence-electron chi connectivity index (χ0n) is 18.1. The van der Waals surface area contributed by atoms with Crippen LogP contribution in [0.3, 0.4) is 0 Å². The zero-order chi connectivity index (χ0) is 22.1. The molecule has 32 heavy (non-hydrogen) atoms. The molecule has 0 aliphatic carbocycles. The van der Waals surface area contributed by atoms with Crippen molar-refractivity contribution in [3.05, 3.63) is 53.5 Å². The summed E-state index contributed by atoms with van der Waals surface area (Å²) in [5, 5.41) is 5.13. The van der Waals surface area contributed by atoms with Crippen LogP contribution in [0.2, 0.25) is 0 Å². The van der Waals surface area contributed by atoms with Gasteiger partial charge in [0.05, 0.1) is 17.9 Å². The highest BCUT2D eigenvalue weighted by Crippen LogP contribution is 2.33. The number of piperidine rings is 1. The fourth-order valence-electron chi connectivity index (χ4n) is 4.46. The molecule has 1 fully saturated rings. The molecule has 2 aliphatic heterocycles. The maximum Gasteiger partial charge on any atom is 0.260 e. The lowest BCUT2D eigenvalue weighted by Crippen LogP contribution is -2.35. The van der Waals surface area contributed by atoms with Crippen molar-refractivity contribution >= 4 is 16.9 Å². The van der Waals surface area contributed by atoms with Gasteiger partial charge in [0, 0.05) is 31.0 Å². The van der Waals surface area contributed by atoms with Gasteiger partial charge >= 0.3 is 0 Å². The van der Waals surface area contributed by atoms with Gasteiger partial charge < -0.3 is 23.8 Å². The van der Waals surface area contributed by atoms with Crippen LogP contribution >= 0.6 is 0 Å². The summed E-state index contributed by atoms with van der Waals surface area (Å²) in [4.78, 5) is 16.2. The maximum atomic E-state index is 13.4. The molecule has 1 amide bonds. The molecule has 168 valence electrons. The standard InChI is InChI=1S/C24H26FN3O4/c1-27-15-31-21-6-4-18(14-20(21)24(27)29)30-12-2-9-28-10-7-16(8-11-28)23-19-5-3-17(25)13-22(19)32-26-23/h3-6,13-14,16H,2,7-12,15H2,1H3. The average Bonchev–Trinajstić information content (AvgIpc) is 3.23. The van der Waals surface area contributed by atoms with Crippen LogP contribution in [0.1, 0.15) is 41.2 Å². The number of ether oxygens (including phenoxy) is 2. The Balaban J connectivity index is 1.09. The summed E-state index contributed by atoms with van der Waals surface area (Å²) in [6, 6.07) is 10.0. The van der Waals surface area contributed by atoms with Crippen molar-refractivity contribution in [1.29, 1.82) is 0 Å². The summed E-state index contributed by atoms with van der Waals surface area (Å²) in [5.41, 5.74) is 2.00. The molecule has 0 spiro atoms. The van der Waals surface area contributed by atoms with E-state index in [0.717, 1.165) is 50.0 Å². The highest BCUT2D eigenvalue weighted by molar-refractivity contribution is 5.98. The highest BCUT2D eigenvalue weighted by atomic mass is 19.1. The number of nitrogens with zero attached hydrogens (tertiary/aromatic N) is 3. The van der Waals surface area contributed by atoms with Gasteiger partial charge in [-0.05, 0) is 62.7 Å². The Bertz CT molecular complexity index is 1120. The number of halogens is 1. The fraction of sp³-hybridized carbons (Fsp3) is 0.417. The number of hydrogen-bond donors (Lipinski definition) is 0. The predicted molar refractivity (Wildman–Crippen MR) is 117 cm³/mol. The van der Waals surface area contributed by atoms with E-state index in [1.54, 1.807) is 25.2 Å². The summed E-state index contributed by atoms with van der Waals surface area (Å²) >= 11 is 0. The lowest BCUT2D eigenvalue weighted by atomic mass is 9.91. The van der Waals surface area contributed by atoms with Crippen molar-refractivity contribution < 1.29 is 23.2 Å². The molecule has 0 N–H and O–H groups in total. The zero-order valence-corrected chi connectivity index (χ0v) is 18.1. The lowest BCUT2D eigenvalue weighted by molar-refractivity contribution is 0.0594. The summed E-state index contributed by atoms with van der Waals surface area (Å²) < 4.78 is 30.1. The molecular formula is C24H26FN3O4. The van der Waals surface area contributed by atoms with Crippen LogP contribution in [0.25, 0.3) is 11.0 Å². The van der Waals surface area contributed by atoms with Gasteiger partial charge in [-0.1, -0.05) is 5.16 Å². The Labute approximate surface area is 185 Å². The Hall–Kier alpha value is -3.13. The number of carbonyl (C=O) groups excluding carboxylic acids is 1. The first-order chi connectivity index (χ1) is 15.6. The van der Waals surface area contributed by atoms with Gasteiger partial charge in [0.1, 0.15) is 17.3 Å². The minimum Gasteiger partial charge on any atom is -0.494 e. The molecule has 0 atom stereocenters. The second-order valence-electron chi connectivity index (χ2n) is 8.46. The van der Waals surface area contributed by atoms with Gasteiger partial charge in [0.15, 0.2) is 12.3 Å². The number of fused-ring (bicyclic) bond motifs is 2. The van der Waals surface area contributed by atoms with Crippen molar-refractivity contribution in [3.8, 4) is 11.5 Å². The van der Waals surface area contributed by atoms with E-state index in [1.807, 2.05) is 6.07 Å². The molecule has 0 radical (unpaired) electrons. The van der Waals surface area contributed by atoms with Gasteiger partial charge in [-0.25, -0.2) is 4.39 Å². The topological polar surface area (TPSA) is 68.0 Å². The van der Waals surface area contributed by atoms with E-state index in [9.17, 15) is 9.18 Å². The number of benzene rings is 2. The largest absolute Gasteiger partial charge is 0.494 e. The minimum atomic E-state index is -0.306. The maximum absolute atomic E-state index is 13.4. The molecule has 3 heterocycles. The number of amides is 1. The van der Waals surface area contributed by atoms with Crippen molar-refractivity contribution in [1.82, 2.24) is 15.0 Å². The number of carbonyl (C=O) groups is 1. The van der Waals surface area contributed by atoms with Crippen molar-refractivity contribution in [2.24, 2.45) is 0 Å². The van der Waals surface area contributed by atoms with E-state index in [4.69, 9.17) is 14.0 Å². The third-order valence-corrected chi connectivity index (χ3v) is 6.27. The average molecular weight is 439 g/mol. The lowest BCUT2D eigenvalue weighted by Gasteiger charge is -2.31. The molecule has 0 unspecified atom stereocenters. The molecule has 2 aliphatic rings. The van der Waals surface area contributed by atoms with E-state index < -0.39 is 0 Å². The normalized spacial score (nSPS) is 17.4. The molecule has 8 heteroatoms. The first kappa shape index (κ1) is 20.8. The quantitative estimate of drug-likeness (QED) is 0.540. The van der Waals surface area contributed by atoms with Gasteiger partial charge in [-0.15, -0.1) is 0 Å². The van der Waals surface area contributed by atoms with Crippen molar-refractivity contribution in [3.63, 3.8) is 0 Å². The van der Waals surface area contributed by atoms with Crippen LogP contribution < -0.4 is 9.47 Å². The van der Waals surface area contributed by atoms with Gasteiger partial charge in [-0.3, -0.25) is 4.79 Å². The van der Waals surface area contributed by atoms with Crippen molar-refractivity contribution in [2.45, 2.75) is 25.2 Å². The fourth-order valence-corrected chi connectivity index (χ4v) is 4.46. The molecule has 2 aromatic carbocycles. The van der Waals surface area contributed by atoms with Gasteiger partial charge in [0.25, 0.3) is 5.91 Å². The Kier molecular flexibility index (Phi) is 5.70. The van der Waals surface area contributed by atoms with Crippen LogP contribution in [0.5, 0.6) is 11.5 Å². The number of likely N-dealkylation sites (tertiary alicyclic amines) is 1. The molecular weight excluding hydrogens is 413 g/mol. The molecule has 7 nitrogen and oxygen atoms in total. The third kappa shape index (κ3) is 4.14. The predicted octanol–water partition coefficient (Wildman–Crippen LogP) is 4.04. The van der Waals surface area contributed by atoms with Crippen LogP contribution in [0.15, 0.2) is 40.9 Å². The van der Waals surface area contributed by atoms with Crippen LogP contribution in [-0.4, -0.2) is 60.9 Å². The molecule has 1 aromatic heterocycles. The summed E-state index contributed by atoms with van der Waals surface area (Å²) in [7, 11) is 1.72. The molecule has 3 aromatic rings. The van der Waals surface area contributed by atoms with Gasteiger partial charge in [0.2, 0.25) is 0 Å². The van der Waals surface area contributed by atoms with E-state index in [2.05, 4.69) is 10.1 Å². The van der Waals surface area contributed by atoms with E-state index in [1.165, 1.54) is 17.0 Å². The Morgan fingerprint density at radius 2 is 2.03 bits per heavy atom. The second-order valence-corrected chi connectivity index (χ2v) is 8.46. The van der Waals surface area contributed by atoms with Crippen molar-refractivity contribution in [2.75, 3.05) is 40.0 Å². The highest BCUT2D eigenvalue weighted by Gasteiger charge is 2.25.